The van der Waals surface area contributed by atoms with Gasteiger partial charge in [0.1, 0.15) is 5.15 Å². The maximum Gasteiger partial charge on any atom is 0.574 e. The third-order valence-corrected chi connectivity index (χ3v) is 2.18. The van der Waals surface area contributed by atoms with E-state index in [-0.39, 0.29) is 0 Å². The van der Waals surface area contributed by atoms with E-state index in [2.05, 4.69) is 9.72 Å². The molecule has 0 unspecified atom stereocenters. The first kappa shape index (κ1) is 15.4. The smallest absolute Gasteiger partial charge is 0.481 e. The lowest BCUT2D eigenvalue weighted by Crippen LogP contribution is -2.18. The zero-order chi connectivity index (χ0) is 14.8. The largest absolute Gasteiger partial charge is 0.574 e. The van der Waals surface area contributed by atoms with Crippen LogP contribution in [0, 0.1) is 0 Å². The first-order chi connectivity index (χ1) is 8.60. The SMILES string of the molecule is O=C(O)Cc1c(C(F)F)cc(OC(F)(F)F)nc1Cl. The number of hydrogen-bond acceptors (Lipinski definition) is 3. The van der Waals surface area contributed by atoms with Crippen LogP contribution in [0.5, 0.6) is 5.88 Å². The number of carboxylic acid groups (broad SMARTS) is 1. The maximum atomic E-state index is 12.7. The number of hydrogen-bond donors (Lipinski definition) is 1. The molecule has 106 valence electrons. The zero-order valence-corrected chi connectivity index (χ0v) is 9.60. The molecule has 1 N–H and O–H groups in total. The molecule has 0 fully saturated rings. The molecule has 0 radical (unpaired) electrons. The van der Waals surface area contributed by atoms with Crippen LogP contribution in [0.3, 0.4) is 0 Å². The first-order valence-electron chi connectivity index (χ1n) is 4.55. The van der Waals surface area contributed by atoms with Crippen molar-refractivity contribution in [2.75, 3.05) is 0 Å². The number of carboxylic acids is 1. The Balaban J connectivity index is 3.25. The lowest BCUT2D eigenvalue weighted by molar-refractivity contribution is -0.276. The van der Waals surface area contributed by atoms with Crippen molar-refractivity contribution in [3.05, 3.63) is 22.3 Å². The summed E-state index contributed by atoms with van der Waals surface area (Å²) in [6, 6.07) is 0.308. The fraction of sp³-hybridized carbons (Fsp3) is 0.333. The average molecular weight is 306 g/mol. The second kappa shape index (κ2) is 5.55. The summed E-state index contributed by atoms with van der Waals surface area (Å²) in [5.74, 6) is -2.66. The lowest BCUT2D eigenvalue weighted by Gasteiger charge is -2.13. The van der Waals surface area contributed by atoms with Gasteiger partial charge in [0, 0.05) is 17.2 Å². The molecule has 0 saturated heterocycles. The van der Waals surface area contributed by atoms with Crippen molar-refractivity contribution in [3.63, 3.8) is 0 Å². The summed E-state index contributed by atoms with van der Waals surface area (Å²) >= 11 is 5.40. The Kier molecular flexibility index (Phi) is 4.51. The summed E-state index contributed by atoms with van der Waals surface area (Å²) in [5, 5.41) is 7.73. The van der Waals surface area contributed by atoms with Gasteiger partial charge in [-0.1, -0.05) is 11.6 Å². The number of ether oxygens (including phenoxy) is 1. The predicted octanol–water partition coefficient (Wildman–Crippen LogP) is 3.20. The fourth-order valence-corrected chi connectivity index (χ4v) is 1.49. The Bertz CT molecular complexity index is 491. The van der Waals surface area contributed by atoms with Gasteiger partial charge >= 0.3 is 12.3 Å². The number of pyridine rings is 1. The summed E-state index contributed by atoms with van der Waals surface area (Å²) in [4.78, 5) is 13.5. The molecule has 4 nitrogen and oxygen atoms in total. The summed E-state index contributed by atoms with van der Waals surface area (Å²) in [5.41, 5.74) is -1.53. The first-order valence-corrected chi connectivity index (χ1v) is 4.93. The number of aromatic nitrogens is 1. The van der Waals surface area contributed by atoms with Crippen LogP contribution in [-0.4, -0.2) is 22.4 Å². The second-order valence-corrected chi connectivity index (χ2v) is 3.60. The maximum absolute atomic E-state index is 12.7. The van der Waals surface area contributed by atoms with Crippen molar-refractivity contribution in [2.24, 2.45) is 0 Å². The molecule has 1 heterocycles. The van der Waals surface area contributed by atoms with Crippen LogP contribution >= 0.6 is 11.6 Å². The van der Waals surface area contributed by atoms with Gasteiger partial charge in [0.15, 0.2) is 0 Å². The number of halogens is 6. The van der Waals surface area contributed by atoms with E-state index in [0.29, 0.717) is 6.07 Å². The molecule has 0 aliphatic rings. The Morgan fingerprint density at radius 1 is 1.47 bits per heavy atom. The Hall–Kier alpha value is -1.64. The minimum atomic E-state index is -5.12. The number of aliphatic carboxylic acids is 1. The van der Waals surface area contributed by atoms with Gasteiger partial charge in [-0.15, -0.1) is 13.2 Å². The van der Waals surface area contributed by atoms with E-state index in [1.807, 2.05) is 0 Å². The van der Waals surface area contributed by atoms with Crippen molar-refractivity contribution < 1.29 is 36.6 Å². The number of alkyl halides is 5. The average Bonchev–Trinajstić information content (AvgIpc) is 2.18. The minimum Gasteiger partial charge on any atom is -0.481 e. The van der Waals surface area contributed by atoms with Gasteiger partial charge in [-0.25, -0.2) is 13.8 Å². The predicted molar refractivity (Wildman–Crippen MR) is 52.2 cm³/mol. The summed E-state index contributed by atoms with van der Waals surface area (Å²) in [7, 11) is 0. The third kappa shape index (κ3) is 4.51. The lowest BCUT2D eigenvalue weighted by atomic mass is 10.1. The highest BCUT2D eigenvalue weighted by Crippen LogP contribution is 2.32. The van der Waals surface area contributed by atoms with Crippen LogP contribution in [0.1, 0.15) is 17.6 Å². The molecule has 0 spiro atoms. The monoisotopic (exact) mass is 305 g/mol. The van der Waals surface area contributed by atoms with E-state index in [1.165, 1.54) is 0 Å². The van der Waals surface area contributed by atoms with Crippen LogP contribution in [0.15, 0.2) is 6.07 Å². The van der Waals surface area contributed by atoms with Gasteiger partial charge < -0.3 is 9.84 Å². The van der Waals surface area contributed by atoms with E-state index < -0.39 is 47.3 Å². The van der Waals surface area contributed by atoms with Crippen LogP contribution in [0.2, 0.25) is 5.15 Å². The Morgan fingerprint density at radius 2 is 2.05 bits per heavy atom. The van der Waals surface area contributed by atoms with E-state index in [4.69, 9.17) is 16.7 Å². The highest BCUT2D eigenvalue weighted by Gasteiger charge is 2.33. The molecule has 0 aliphatic carbocycles. The van der Waals surface area contributed by atoms with Crippen molar-refractivity contribution in [1.29, 1.82) is 0 Å². The van der Waals surface area contributed by atoms with Crippen LogP contribution in [0.4, 0.5) is 22.0 Å². The molecule has 0 saturated carbocycles. The molecule has 1 aromatic rings. The number of rotatable bonds is 4. The summed E-state index contributed by atoms with van der Waals surface area (Å²) < 4.78 is 64.5. The summed E-state index contributed by atoms with van der Waals surface area (Å²) in [6.07, 6.45) is -9.23. The highest BCUT2D eigenvalue weighted by molar-refractivity contribution is 6.30. The second-order valence-electron chi connectivity index (χ2n) is 3.24. The van der Waals surface area contributed by atoms with E-state index in [9.17, 15) is 26.7 Å². The van der Waals surface area contributed by atoms with Crippen molar-refractivity contribution in [2.45, 2.75) is 19.2 Å². The molecule has 0 amide bonds. The Labute approximate surface area is 107 Å². The van der Waals surface area contributed by atoms with Gasteiger partial charge in [-0.3, -0.25) is 4.79 Å². The molecular formula is C9H5ClF5NO3. The molecule has 10 heteroatoms. The van der Waals surface area contributed by atoms with Crippen molar-refractivity contribution in [3.8, 4) is 5.88 Å². The quantitative estimate of drug-likeness (QED) is 0.685. The molecular weight excluding hydrogens is 301 g/mol. The molecule has 19 heavy (non-hydrogen) atoms. The van der Waals surface area contributed by atoms with Gasteiger partial charge in [-0.2, -0.15) is 0 Å². The molecule has 0 aliphatic heterocycles. The fourth-order valence-electron chi connectivity index (χ4n) is 1.23. The standard InChI is InChI=1S/C9H5ClF5NO3/c10-7-3(2-6(17)18)4(8(11)12)1-5(16-7)19-9(13,14)15/h1,8H,2H2,(H,17,18). The van der Waals surface area contributed by atoms with Gasteiger partial charge in [0.25, 0.3) is 6.43 Å². The van der Waals surface area contributed by atoms with E-state index >= 15 is 0 Å². The van der Waals surface area contributed by atoms with E-state index in [1.54, 1.807) is 0 Å². The molecule has 0 bridgehead atoms. The van der Waals surface area contributed by atoms with Gasteiger partial charge in [-0.05, 0) is 0 Å². The Morgan fingerprint density at radius 3 is 2.47 bits per heavy atom. The van der Waals surface area contributed by atoms with Gasteiger partial charge in [0.2, 0.25) is 5.88 Å². The van der Waals surface area contributed by atoms with Crippen LogP contribution in [0.25, 0.3) is 0 Å². The molecule has 0 aromatic carbocycles. The number of nitrogens with zero attached hydrogens (tertiary/aromatic N) is 1. The molecule has 1 aromatic heterocycles. The summed E-state index contributed by atoms with van der Waals surface area (Å²) in [6.45, 7) is 0. The normalized spacial score (nSPS) is 11.7. The third-order valence-electron chi connectivity index (χ3n) is 1.87. The van der Waals surface area contributed by atoms with Gasteiger partial charge in [0.05, 0.1) is 6.42 Å². The van der Waals surface area contributed by atoms with Crippen LogP contribution in [-0.2, 0) is 11.2 Å². The zero-order valence-electron chi connectivity index (χ0n) is 8.84. The van der Waals surface area contributed by atoms with Crippen molar-refractivity contribution in [1.82, 2.24) is 4.98 Å². The highest BCUT2D eigenvalue weighted by atomic mass is 35.5. The van der Waals surface area contributed by atoms with Crippen LogP contribution < -0.4 is 4.74 Å². The number of carbonyl (C=O) groups is 1. The molecule has 1 rings (SSSR count). The van der Waals surface area contributed by atoms with E-state index in [0.717, 1.165) is 0 Å². The topological polar surface area (TPSA) is 59.4 Å². The van der Waals surface area contributed by atoms with Crippen molar-refractivity contribution >= 4 is 17.6 Å². The molecule has 0 atom stereocenters. The minimum absolute atomic E-state index is 0.308.